The molecule has 1 aromatic heterocycles. The van der Waals surface area contributed by atoms with Crippen LogP contribution in [0.3, 0.4) is 0 Å². The second-order valence-electron chi connectivity index (χ2n) is 8.81. The zero-order chi connectivity index (χ0) is 24.4. The van der Waals surface area contributed by atoms with Crippen molar-refractivity contribution in [2.45, 2.75) is 32.0 Å². The highest BCUT2D eigenvalue weighted by Gasteiger charge is 2.36. The average Bonchev–Trinajstić information content (AvgIpc) is 3.51. The maximum absolute atomic E-state index is 12.1. The maximum Gasteiger partial charge on any atom is 0.323 e. The standard InChI is InChI=1S/C28H27N3O4/c1-18-23(20-9-4-3-5-10-20)12-7-13-24(18)27-30-29-26(35-27)21-11-6-8-19(14-21)16-31-17-22(32)15-25(31)28(33)34-2/h3-14,22,25,32H,15-17H2,1-2H3/t22-,25+/m1/s1. The molecule has 3 aromatic carbocycles. The molecule has 0 spiro atoms. The van der Waals surface area contributed by atoms with Crippen LogP contribution in [0, 0.1) is 6.92 Å². The van der Waals surface area contributed by atoms with Crippen molar-refractivity contribution in [2.75, 3.05) is 13.7 Å². The number of esters is 1. The summed E-state index contributed by atoms with van der Waals surface area (Å²) in [5, 5.41) is 18.7. The molecule has 1 saturated heterocycles. The Morgan fingerprint density at radius 3 is 2.51 bits per heavy atom. The third-order valence-electron chi connectivity index (χ3n) is 6.49. The Hall–Kier alpha value is -3.81. The number of ether oxygens (including phenoxy) is 1. The van der Waals surface area contributed by atoms with Crippen molar-refractivity contribution < 1.29 is 19.1 Å². The van der Waals surface area contributed by atoms with E-state index in [0.717, 1.165) is 33.4 Å². The molecule has 2 atom stereocenters. The average molecular weight is 470 g/mol. The summed E-state index contributed by atoms with van der Waals surface area (Å²) in [6.07, 6.45) is -0.170. The predicted octanol–water partition coefficient (Wildman–Crippen LogP) is 4.49. The van der Waals surface area contributed by atoms with Gasteiger partial charge in [0.25, 0.3) is 0 Å². The highest BCUT2D eigenvalue weighted by molar-refractivity contribution is 5.76. The SMILES string of the molecule is COC(=O)[C@@H]1C[C@@H](O)CN1Cc1cccc(-c2nnc(-c3cccc(-c4ccccc4)c3C)o2)c1. The molecule has 0 radical (unpaired) electrons. The minimum atomic E-state index is -0.546. The molecule has 0 amide bonds. The summed E-state index contributed by atoms with van der Waals surface area (Å²) in [6, 6.07) is 23.6. The molecule has 0 saturated carbocycles. The van der Waals surface area contributed by atoms with E-state index >= 15 is 0 Å². The van der Waals surface area contributed by atoms with Gasteiger partial charge in [0.2, 0.25) is 11.8 Å². The summed E-state index contributed by atoms with van der Waals surface area (Å²) < 4.78 is 11.0. The van der Waals surface area contributed by atoms with Crippen LogP contribution in [0.15, 0.2) is 77.2 Å². The topological polar surface area (TPSA) is 88.7 Å². The van der Waals surface area contributed by atoms with Crippen molar-refractivity contribution in [2.24, 2.45) is 0 Å². The molecule has 5 rings (SSSR count). The lowest BCUT2D eigenvalue weighted by Gasteiger charge is -2.22. The van der Waals surface area contributed by atoms with Crippen LogP contribution in [-0.2, 0) is 16.1 Å². The largest absolute Gasteiger partial charge is 0.468 e. The third-order valence-corrected chi connectivity index (χ3v) is 6.49. The van der Waals surface area contributed by atoms with E-state index in [2.05, 4.69) is 35.3 Å². The van der Waals surface area contributed by atoms with Crippen molar-refractivity contribution in [1.29, 1.82) is 0 Å². The summed E-state index contributed by atoms with van der Waals surface area (Å²) in [4.78, 5) is 14.1. The molecule has 0 aliphatic carbocycles. The summed E-state index contributed by atoms with van der Waals surface area (Å²) >= 11 is 0. The number of carbonyl (C=O) groups is 1. The molecule has 7 heteroatoms. The molecule has 178 valence electrons. The number of benzene rings is 3. The van der Waals surface area contributed by atoms with Crippen LogP contribution in [0.4, 0.5) is 0 Å². The highest BCUT2D eigenvalue weighted by Crippen LogP contribution is 2.32. The van der Waals surface area contributed by atoms with Crippen LogP contribution in [0.2, 0.25) is 0 Å². The number of methoxy groups -OCH3 is 1. The molecule has 0 unspecified atom stereocenters. The maximum atomic E-state index is 12.1. The number of nitrogens with zero attached hydrogens (tertiary/aromatic N) is 3. The van der Waals surface area contributed by atoms with Crippen LogP contribution in [0.25, 0.3) is 34.0 Å². The van der Waals surface area contributed by atoms with Crippen molar-refractivity contribution >= 4 is 5.97 Å². The first kappa shape index (κ1) is 23.0. The summed E-state index contributed by atoms with van der Waals surface area (Å²) in [7, 11) is 1.37. The van der Waals surface area contributed by atoms with Crippen molar-refractivity contribution in [3.05, 3.63) is 83.9 Å². The Morgan fingerprint density at radius 2 is 1.71 bits per heavy atom. The number of aromatic nitrogens is 2. The minimum absolute atomic E-state index is 0.327. The van der Waals surface area contributed by atoms with Gasteiger partial charge in [0, 0.05) is 30.6 Å². The lowest BCUT2D eigenvalue weighted by atomic mass is 9.96. The Labute approximate surface area is 204 Å². The second-order valence-corrected chi connectivity index (χ2v) is 8.81. The Bertz CT molecular complexity index is 1340. The van der Waals surface area contributed by atoms with Gasteiger partial charge in [-0.05, 0) is 47.4 Å². The minimum Gasteiger partial charge on any atom is -0.468 e. The number of likely N-dealkylation sites (tertiary alicyclic amines) is 1. The van der Waals surface area contributed by atoms with Gasteiger partial charge in [-0.3, -0.25) is 9.69 Å². The van der Waals surface area contributed by atoms with E-state index in [-0.39, 0.29) is 5.97 Å². The first-order chi connectivity index (χ1) is 17.0. The predicted molar refractivity (Wildman–Crippen MR) is 132 cm³/mol. The fraction of sp³-hybridized carbons (Fsp3) is 0.250. The van der Waals surface area contributed by atoms with Gasteiger partial charge in [-0.15, -0.1) is 10.2 Å². The molecule has 2 heterocycles. The van der Waals surface area contributed by atoms with Crippen molar-refractivity contribution in [3.8, 4) is 34.0 Å². The van der Waals surface area contributed by atoms with E-state index in [1.807, 2.05) is 59.5 Å². The summed E-state index contributed by atoms with van der Waals surface area (Å²) in [5.41, 5.74) is 6.01. The van der Waals surface area contributed by atoms with Gasteiger partial charge in [-0.2, -0.15) is 0 Å². The number of aliphatic hydroxyl groups is 1. The Morgan fingerprint density at radius 1 is 1.00 bits per heavy atom. The highest BCUT2D eigenvalue weighted by atomic mass is 16.5. The van der Waals surface area contributed by atoms with Crippen molar-refractivity contribution in [1.82, 2.24) is 15.1 Å². The van der Waals surface area contributed by atoms with Gasteiger partial charge < -0.3 is 14.3 Å². The van der Waals surface area contributed by atoms with E-state index in [4.69, 9.17) is 9.15 Å². The van der Waals surface area contributed by atoms with Gasteiger partial charge in [-0.25, -0.2) is 0 Å². The molecule has 4 aromatic rings. The lowest BCUT2D eigenvalue weighted by molar-refractivity contribution is -0.146. The van der Waals surface area contributed by atoms with E-state index in [1.165, 1.54) is 7.11 Å². The van der Waals surface area contributed by atoms with Gasteiger partial charge in [-0.1, -0.05) is 54.6 Å². The van der Waals surface area contributed by atoms with Gasteiger partial charge in [0.05, 0.1) is 13.2 Å². The Balaban J connectivity index is 1.39. The smallest absolute Gasteiger partial charge is 0.323 e. The zero-order valence-corrected chi connectivity index (χ0v) is 19.7. The number of aliphatic hydroxyl groups excluding tert-OH is 1. The fourth-order valence-corrected chi connectivity index (χ4v) is 4.72. The second kappa shape index (κ2) is 9.82. The molecule has 1 fully saturated rings. The van der Waals surface area contributed by atoms with Crippen LogP contribution in [0.5, 0.6) is 0 Å². The van der Waals surface area contributed by atoms with Gasteiger partial charge >= 0.3 is 5.97 Å². The molecular weight excluding hydrogens is 442 g/mol. The fourth-order valence-electron chi connectivity index (χ4n) is 4.72. The van der Waals surface area contributed by atoms with Gasteiger partial charge in [0.1, 0.15) is 6.04 Å². The van der Waals surface area contributed by atoms with Gasteiger partial charge in [0.15, 0.2) is 0 Å². The zero-order valence-electron chi connectivity index (χ0n) is 19.7. The third kappa shape index (κ3) is 4.73. The molecule has 35 heavy (non-hydrogen) atoms. The first-order valence-corrected chi connectivity index (χ1v) is 11.6. The molecule has 1 aliphatic rings. The molecule has 1 N–H and O–H groups in total. The molecule has 1 aliphatic heterocycles. The van der Waals surface area contributed by atoms with Crippen LogP contribution in [-0.4, -0.2) is 52.0 Å². The van der Waals surface area contributed by atoms with Crippen LogP contribution < -0.4 is 0 Å². The number of carbonyl (C=O) groups excluding carboxylic acids is 1. The first-order valence-electron chi connectivity index (χ1n) is 11.6. The van der Waals surface area contributed by atoms with E-state index in [0.29, 0.717) is 31.3 Å². The number of hydrogen-bond donors (Lipinski definition) is 1. The Kier molecular flexibility index (Phi) is 6.44. The molecule has 0 bridgehead atoms. The van der Waals surface area contributed by atoms with E-state index < -0.39 is 12.1 Å². The van der Waals surface area contributed by atoms with Crippen LogP contribution in [0.1, 0.15) is 17.5 Å². The number of β-amino-alcohol motifs (C(OH)–C–C–N with tert-alkyl or cyclic N) is 1. The normalized spacial score (nSPS) is 18.0. The molecular formula is C28H27N3O4. The van der Waals surface area contributed by atoms with E-state index in [1.54, 1.807) is 0 Å². The summed E-state index contributed by atoms with van der Waals surface area (Å²) in [5.74, 6) is 0.568. The monoisotopic (exact) mass is 469 g/mol. The number of rotatable bonds is 6. The summed E-state index contributed by atoms with van der Waals surface area (Å²) in [6.45, 7) is 2.99. The van der Waals surface area contributed by atoms with Crippen LogP contribution >= 0.6 is 0 Å². The van der Waals surface area contributed by atoms with Crippen molar-refractivity contribution in [3.63, 3.8) is 0 Å². The van der Waals surface area contributed by atoms with E-state index in [9.17, 15) is 9.90 Å². The quantitative estimate of drug-likeness (QED) is 0.416. The number of hydrogen-bond acceptors (Lipinski definition) is 7. The lowest BCUT2D eigenvalue weighted by Crippen LogP contribution is -2.36. The molecule has 7 nitrogen and oxygen atoms in total.